The predicted molar refractivity (Wildman–Crippen MR) is 57.9 cm³/mol. The lowest BCUT2D eigenvalue weighted by Crippen LogP contribution is -1.94. The molecule has 0 aliphatic rings. The van der Waals surface area contributed by atoms with Crippen LogP contribution in [0, 0.1) is 11.6 Å². The molecule has 0 saturated heterocycles. The molecule has 1 atom stereocenters. The van der Waals surface area contributed by atoms with Gasteiger partial charge in [-0.15, -0.1) is 0 Å². The largest absolute Gasteiger partial charge is 0.204 e. The molecular formula is C10H10BrClF2. The highest BCUT2D eigenvalue weighted by molar-refractivity contribution is 9.09. The molecule has 1 unspecified atom stereocenters. The fraction of sp³-hybridized carbons (Fsp3) is 0.400. The predicted octanol–water partition coefficient (Wildman–Crippen LogP) is 4.85. The highest BCUT2D eigenvalue weighted by Gasteiger charge is 2.14. The Morgan fingerprint density at radius 3 is 2.50 bits per heavy atom. The fourth-order valence-corrected chi connectivity index (χ4v) is 2.44. The maximum Gasteiger partial charge on any atom is 0.160 e. The minimum Gasteiger partial charge on any atom is -0.204 e. The summed E-state index contributed by atoms with van der Waals surface area (Å²) in [6, 6.07) is 2.16. The first-order chi connectivity index (χ1) is 6.56. The highest BCUT2D eigenvalue weighted by atomic mass is 79.9. The van der Waals surface area contributed by atoms with Gasteiger partial charge in [0.25, 0.3) is 0 Å². The number of hydrogen-bond acceptors (Lipinski definition) is 0. The SMILES string of the molecule is CCCC(Br)c1cc(F)c(F)cc1Cl. The average molecular weight is 284 g/mol. The third-order valence-corrected chi connectivity index (χ3v) is 3.20. The van der Waals surface area contributed by atoms with E-state index in [0.717, 1.165) is 25.0 Å². The molecule has 4 heteroatoms. The van der Waals surface area contributed by atoms with Gasteiger partial charge in [0.1, 0.15) is 0 Å². The molecule has 0 fully saturated rings. The van der Waals surface area contributed by atoms with Crippen molar-refractivity contribution < 1.29 is 8.78 Å². The van der Waals surface area contributed by atoms with Crippen LogP contribution in [-0.4, -0.2) is 0 Å². The summed E-state index contributed by atoms with van der Waals surface area (Å²) in [4.78, 5) is -0.0184. The van der Waals surface area contributed by atoms with E-state index >= 15 is 0 Å². The molecule has 0 aromatic heterocycles. The Hall–Kier alpha value is -0.150. The van der Waals surface area contributed by atoms with E-state index in [0.29, 0.717) is 5.56 Å². The molecule has 0 bridgehead atoms. The smallest absolute Gasteiger partial charge is 0.160 e. The lowest BCUT2D eigenvalue weighted by Gasteiger charge is -2.11. The zero-order chi connectivity index (χ0) is 10.7. The molecule has 0 nitrogen and oxygen atoms in total. The van der Waals surface area contributed by atoms with Gasteiger partial charge in [0.2, 0.25) is 0 Å². The average Bonchev–Trinajstić information content (AvgIpc) is 2.11. The zero-order valence-electron chi connectivity index (χ0n) is 7.66. The van der Waals surface area contributed by atoms with Crippen molar-refractivity contribution in [2.45, 2.75) is 24.6 Å². The number of hydrogen-bond donors (Lipinski definition) is 0. The second kappa shape index (κ2) is 5.08. The van der Waals surface area contributed by atoms with Crippen LogP contribution < -0.4 is 0 Å². The third-order valence-electron chi connectivity index (χ3n) is 1.92. The molecule has 1 aromatic carbocycles. The van der Waals surface area contributed by atoms with Crippen LogP contribution in [0.1, 0.15) is 30.2 Å². The van der Waals surface area contributed by atoms with Crippen LogP contribution in [0.2, 0.25) is 5.02 Å². The van der Waals surface area contributed by atoms with Crippen molar-refractivity contribution in [2.24, 2.45) is 0 Å². The minimum atomic E-state index is -0.907. The Morgan fingerprint density at radius 1 is 1.36 bits per heavy atom. The standard InChI is InChI=1S/C10H10BrClF2/c1-2-3-7(11)6-4-9(13)10(14)5-8(6)12/h4-5,7H,2-3H2,1H3. The zero-order valence-corrected chi connectivity index (χ0v) is 10.0. The summed E-state index contributed by atoms with van der Waals surface area (Å²) in [6.45, 7) is 2.02. The monoisotopic (exact) mass is 282 g/mol. The molecular weight excluding hydrogens is 273 g/mol. The van der Waals surface area contributed by atoms with Gasteiger partial charge in [0.05, 0.1) is 0 Å². The van der Waals surface area contributed by atoms with E-state index in [1.165, 1.54) is 0 Å². The maximum atomic E-state index is 12.9. The maximum absolute atomic E-state index is 12.9. The molecule has 14 heavy (non-hydrogen) atoms. The van der Waals surface area contributed by atoms with E-state index in [-0.39, 0.29) is 9.85 Å². The Morgan fingerprint density at radius 2 is 1.93 bits per heavy atom. The van der Waals surface area contributed by atoms with Gasteiger partial charge < -0.3 is 0 Å². The highest BCUT2D eigenvalue weighted by Crippen LogP contribution is 2.34. The van der Waals surface area contributed by atoms with Crippen molar-refractivity contribution >= 4 is 27.5 Å². The third kappa shape index (κ3) is 2.67. The van der Waals surface area contributed by atoms with E-state index < -0.39 is 11.6 Å². The van der Waals surface area contributed by atoms with Crippen LogP contribution in [0.4, 0.5) is 8.78 Å². The van der Waals surface area contributed by atoms with Crippen LogP contribution in [0.3, 0.4) is 0 Å². The lowest BCUT2D eigenvalue weighted by molar-refractivity contribution is 0.506. The Bertz CT molecular complexity index is 328. The second-order valence-electron chi connectivity index (χ2n) is 3.04. The quantitative estimate of drug-likeness (QED) is 0.549. The molecule has 1 aromatic rings. The van der Waals surface area contributed by atoms with E-state index in [1.807, 2.05) is 6.92 Å². The van der Waals surface area contributed by atoms with Gasteiger partial charge in [-0.2, -0.15) is 0 Å². The molecule has 1 rings (SSSR count). The van der Waals surface area contributed by atoms with Crippen molar-refractivity contribution in [2.75, 3.05) is 0 Å². The minimum absolute atomic E-state index is 0.0184. The van der Waals surface area contributed by atoms with Crippen molar-refractivity contribution in [3.8, 4) is 0 Å². The summed E-state index contributed by atoms with van der Waals surface area (Å²) < 4.78 is 25.6. The summed E-state index contributed by atoms with van der Waals surface area (Å²) in [7, 11) is 0. The van der Waals surface area contributed by atoms with Crippen molar-refractivity contribution in [3.05, 3.63) is 34.4 Å². The molecule has 0 heterocycles. The first kappa shape index (κ1) is 11.9. The van der Waals surface area contributed by atoms with Crippen LogP contribution >= 0.6 is 27.5 Å². The molecule has 0 amide bonds. The molecule has 0 saturated carbocycles. The van der Waals surface area contributed by atoms with Gasteiger partial charge >= 0.3 is 0 Å². The topological polar surface area (TPSA) is 0 Å². The first-order valence-corrected chi connectivity index (χ1v) is 5.64. The van der Waals surface area contributed by atoms with Gasteiger partial charge in [0, 0.05) is 9.85 Å². The summed E-state index contributed by atoms with van der Waals surface area (Å²) >= 11 is 9.18. The van der Waals surface area contributed by atoms with Crippen molar-refractivity contribution in [3.63, 3.8) is 0 Å². The summed E-state index contributed by atoms with van der Waals surface area (Å²) in [6.07, 6.45) is 1.79. The Kier molecular flexibility index (Phi) is 4.32. The molecule has 0 spiro atoms. The summed E-state index contributed by atoms with van der Waals surface area (Å²) in [5.74, 6) is -1.76. The summed E-state index contributed by atoms with van der Waals surface area (Å²) in [5, 5.41) is 0.263. The van der Waals surface area contributed by atoms with Crippen LogP contribution in [0.5, 0.6) is 0 Å². The van der Waals surface area contributed by atoms with E-state index in [2.05, 4.69) is 15.9 Å². The van der Waals surface area contributed by atoms with Gasteiger partial charge in [-0.25, -0.2) is 8.78 Å². The Labute approximate surface area is 95.4 Å². The second-order valence-corrected chi connectivity index (χ2v) is 4.56. The fourth-order valence-electron chi connectivity index (χ4n) is 1.19. The number of halogens is 4. The first-order valence-electron chi connectivity index (χ1n) is 4.34. The van der Waals surface area contributed by atoms with Gasteiger partial charge in [-0.05, 0) is 24.1 Å². The van der Waals surface area contributed by atoms with Gasteiger partial charge in [0.15, 0.2) is 11.6 Å². The number of benzene rings is 1. The van der Waals surface area contributed by atoms with Crippen LogP contribution in [0.25, 0.3) is 0 Å². The van der Waals surface area contributed by atoms with E-state index in [1.54, 1.807) is 0 Å². The summed E-state index contributed by atoms with van der Waals surface area (Å²) in [5.41, 5.74) is 0.604. The van der Waals surface area contributed by atoms with E-state index in [9.17, 15) is 8.78 Å². The number of alkyl halides is 1. The van der Waals surface area contributed by atoms with Crippen LogP contribution in [0.15, 0.2) is 12.1 Å². The normalized spacial score (nSPS) is 12.9. The van der Waals surface area contributed by atoms with E-state index in [4.69, 9.17) is 11.6 Å². The van der Waals surface area contributed by atoms with Gasteiger partial charge in [-0.3, -0.25) is 0 Å². The van der Waals surface area contributed by atoms with Gasteiger partial charge in [-0.1, -0.05) is 40.9 Å². The molecule has 0 N–H and O–H groups in total. The molecule has 78 valence electrons. The lowest BCUT2D eigenvalue weighted by atomic mass is 10.1. The molecule has 0 aliphatic carbocycles. The molecule has 0 aliphatic heterocycles. The molecule has 0 radical (unpaired) electrons. The van der Waals surface area contributed by atoms with Crippen molar-refractivity contribution in [1.29, 1.82) is 0 Å². The number of rotatable bonds is 3. The van der Waals surface area contributed by atoms with Crippen molar-refractivity contribution in [1.82, 2.24) is 0 Å². The van der Waals surface area contributed by atoms with Crippen LogP contribution in [-0.2, 0) is 0 Å². The Balaban J connectivity index is 3.02.